The minimum Gasteiger partial charge on any atom is -0.493 e. The highest BCUT2D eigenvalue weighted by atomic mass is 16.6. The van der Waals surface area contributed by atoms with Crippen LogP contribution in [-0.2, 0) is 14.3 Å². The molecule has 0 saturated carbocycles. The van der Waals surface area contributed by atoms with E-state index in [9.17, 15) is 9.59 Å². The number of methoxy groups -OCH3 is 2. The van der Waals surface area contributed by atoms with Crippen LogP contribution < -0.4 is 14.2 Å². The van der Waals surface area contributed by atoms with Gasteiger partial charge >= 0.3 is 11.9 Å². The van der Waals surface area contributed by atoms with Gasteiger partial charge in [0, 0.05) is 0 Å². The van der Waals surface area contributed by atoms with Gasteiger partial charge < -0.3 is 18.9 Å². The molecule has 2 aromatic carbocycles. The molecule has 7 heteroatoms. The van der Waals surface area contributed by atoms with Crippen molar-refractivity contribution in [3.63, 3.8) is 0 Å². The molecule has 0 atom stereocenters. The molecule has 7 nitrogen and oxygen atoms in total. The van der Waals surface area contributed by atoms with Crippen LogP contribution in [0.5, 0.6) is 17.2 Å². The maximum atomic E-state index is 12.2. The Morgan fingerprint density at radius 1 is 1.07 bits per heavy atom. The molecule has 0 aromatic heterocycles. The van der Waals surface area contributed by atoms with Crippen molar-refractivity contribution in [3.8, 4) is 23.3 Å². The number of carbonyl (C=O) groups is 2. The van der Waals surface area contributed by atoms with E-state index >= 15 is 0 Å². The molecule has 0 aliphatic carbocycles. The van der Waals surface area contributed by atoms with Crippen LogP contribution in [0.2, 0.25) is 0 Å². The van der Waals surface area contributed by atoms with E-state index in [0.29, 0.717) is 11.3 Å². The van der Waals surface area contributed by atoms with Gasteiger partial charge in [-0.2, -0.15) is 5.26 Å². The average molecular weight is 395 g/mol. The predicted octanol–water partition coefficient (Wildman–Crippen LogP) is 3.38. The quantitative estimate of drug-likeness (QED) is 0.307. The van der Waals surface area contributed by atoms with E-state index in [4.69, 9.17) is 19.5 Å². The maximum absolute atomic E-state index is 12.2. The summed E-state index contributed by atoms with van der Waals surface area (Å²) in [7, 11) is 2.61. The number of esters is 2. The molecule has 0 heterocycles. The van der Waals surface area contributed by atoms with E-state index in [1.807, 2.05) is 26.0 Å². The normalized spacial score (nSPS) is 10.7. The van der Waals surface area contributed by atoms with Crippen LogP contribution in [0.1, 0.15) is 16.7 Å². The molecule has 0 fully saturated rings. The Labute approximate surface area is 169 Å². The zero-order valence-electron chi connectivity index (χ0n) is 16.6. The van der Waals surface area contributed by atoms with Gasteiger partial charge in [-0.3, -0.25) is 0 Å². The number of nitriles is 1. The molecule has 0 aliphatic heterocycles. The van der Waals surface area contributed by atoms with Crippen LogP contribution in [0, 0.1) is 25.2 Å². The fourth-order valence-electron chi connectivity index (χ4n) is 2.44. The smallest absolute Gasteiger partial charge is 0.349 e. The Morgan fingerprint density at radius 2 is 1.83 bits per heavy atom. The van der Waals surface area contributed by atoms with Crippen molar-refractivity contribution in [1.29, 1.82) is 5.26 Å². The zero-order chi connectivity index (χ0) is 21.4. The summed E-state index contributed by atoms with van der Waals surface area (Å²) in [5, 5.41) is 9.04. The van der Waals surface area contributed by atoms with Gasteiger partial charge in [0.25, 0.3) is 0 Å². The Morgan fingerprint density at radius 3 is 2.48 bits per heavy atom. The number of rotatable bonds is 7. The highest BCUT2D eigenvalue weighted by Crippen LogP contribution is 2.29. The molecule has 0 N–H and O–H groups in total. The number of ether oxygens (including phenoxy) is 4. The Bertz CT molecular complexity index is 987. The van der Waals surface area contributed by atoms with E-state index in [0.717, 1.165) is 11.1 Å². The molecule has 29 heavy (non-hydrogen) atoms. The van der Waals surface area contributed by atoms with Gasteiger partial charge in [-0.05, 0) is 54.8 Å². The standard InChI is InChI=1S/C22H21NO6/c1-14-6-5-7-18(15(14)2)28-13-21(24)29-19-9-8-16(11-20(19)26-3)10-17(12-23)22(25)27-4/h5-11H,13H2,1-4H3/b17-10+. The van der Waals surface area contributed by atoms with Crippen LogP contribution in [0.4, 0.5) is 0 Å². The third-order valence-corrected chi connectivity index (χ3v) is 4.15. The van der Waals surface area contributed by atoms with Crippen molar-refractivity contribution in [2.24, 2.45) is 0 Å². The second-order valence-corrected chi connectivity index (χ2v) is 6.03. The van der Waals surface area contributed by atoms with Gasteiger partial charge in [0.2, 0.25) is 0 Å². The molecular weight excluding hydrogens is 374 g/mol. The molecule has 2 aromatic rings. The number of hydrogen-bond acceptors (Lipinski definition) is 7. The molecule has 0 aliphatic rings. The fourth-order valence-corrected chi connectivity index (χ4v) is 2.44. The Hall–Kier alpha value is -3.79. The monoisotopic (exact) mass is 395 g/mol. The molecule has 0 radical (unpaired) electrons. The summed E-state index contributed by atoms with van der Waals surface area (Å²) in [6.07, 6.45) is 1.35. The minimum atomic E-state index is -0.745. The predicted molar refractivity (Wildman–Crippen MR) is 106 cm³/mol. The van der Waals surface area contributed by atoms with Gasteiger partial charge in [0.05, 0.1) is 14.2 Å². The highest BCUT2D eigenvalue weighted by Gasteiger charge is 2.14. The third-order valence-electron chi connectivity index (χ3n) is 4.15. The van der Waals surface area contributed by atoms with Crippen molar-refractivity contribution in [1.82, 2.24) is 0 Å². The first-order valence-electron chi connectivity index (χ1n) is 8.67. The third kappa shape index (κ3) is 5.59. The molecule has 0 amide bonds. The van der Waals surface area contributed by atoms with Crippen LogP contribution in [0.3, 0.4) is 0 Å². The van der Waals surface area contributed by atoms with E-state index in [1.54, 1.807) is 18.2 Å². The maximum Gasteiger partial charge on any atom is 0.349 e. The summed E-state index contributed by atoms with van der Waals surface area (Å²) in [5.41, 5.74) is 2.36. The average Bonchev–Trinajstić information content (AvgIpc) is 2.73. The molecule has 150 valence electrons. The first-order chi connectivity index (χ1) is 13.9. The summed E-state index contributed by atoms with van der Waals surface area (Å²) < 4.78 is 20.6. The van der Waals surface area contributed by atoms with Gasteiger partial charge in [0.15, 0.2) is 18.1 Å². The van der Waals surface area contributed by atoms with E-state index < -0.39 is 11.9 Å². The zero-order valence-corrected chi connectivity index (χ0v) is 16.6. The lowest BCUT2D eigenvalue weighted by atomic mass is 10.1. The number of benzene rings is 2. The van der Waals surface area contributed by atoms with Crippen LogP contribution in [-0.4, -0.2) is 32.8 Å². The van der Waals surface area contributed by atoms with Gasteiger partial charge in [-0.1, -0.05) is 18.2 Å². The number of nitrogens with zero attached hydrogens (tertiary/aromatic N) is 1. The summed E-state index contributed by atoms with van der Waals surface area (Å²) >= 11 is 0. The molecular formula is C22H21NO6. The number of aryl methyl sites for hydroxylation is 1. The van der Waals surface area contributed by atoms with Crippen molar-refractivity contribution in [2.45, 2.75) is 13.8 Å². The van der Waals surface area contributed by atoms with E-state index in [1.165, 1.54) is 32.4 Å². The van der Waals surface area contributed by atoms with Crippen LogP contribution >= 0.6 is 0 Å². The SMILES string of the molecule is COC(=O)/C(C#N)=C/c1ccc(OC(=O)COc2cccc(C)c2C)c(OC)c1. The van der Waals surface area contributed by atoms with Crippen molar-refractivity contribution < 1.29 is 28.5 Å². The first kappa shape index (κ1) is 21.5. The lowest BCUT2D eigenvalue weighted by Gasteiger charge is -2.12. The fraction of sp³-hybridized carbons (Fsp3) is 0.227. The summed E-state index contributed by atoms with van der Waals surface area (Å²) in [6.45, 7) is 3.60. The molecule has 0 unspecified atom stereocenters. The van der Waals surface area contributed by atoms with E-state index in [-0.39, 0.29) is 23.7 Å². The van der Waals surface area contributed by atoms with Gasteiger partial charge in [-0.15, -0.1) is 0 Å². The van der Waals surface area contributed by atoms with Crippen LogP contribution in [0.25, 0.3) is 6.08 Å². The second kappa shape index (κ2) is 9.95. The van der Waals surface area contributed by atoms with Crippen molar-refractivity contribution in [3.05, 3.63) is 58.7 Å². The minimum absolute atomic E-state index is 0.166. The lowest BCUT2D eigenvalue weighted by Crippen LogP contribution is -2.18. The largest absolute Gasteiger partial charge is 0.493 e. The van der Waals surface area contributed by atoms with Crippen LogP contribution in [0.15, 0.2) is 42.0 Å². The van der Waals surface area contributed by atoms with E-state index in [2.05, 4.69) is 4.74 Å². The van der Waals surface area contributed by atoms with Crippen molar-refractivity contribution in [2.75, 3.05) is 20.8 Å². The Kier molecular flexibility index (Phi) is 7.38. The highest BCUT2D eigenvalue weighted by molar-refractivity contribution is 5.97. The summed E-state index contributed by atoms with van der Waals surface area (Å²) in [4.78, 5) is 23.7. The summed E-state index contributed by atoms with van der Waals surface area (Å²) in [6, 6.07) is 12.0. The number of hydrogen-bond donors (Lipinski definition) is 0. The molecule has 2 rings (SSSR count). The first-order valence-corrected chi connectivity index (χ1v) is 8.67. The van der Waals surface area contributed by atoms with Gasteiger partial charge in [0.1, 0.15) is 17.4 Å². The van der Waals surface area contributed by atoms with Gasteiger partial charge in [-0.25, -0.2) is 9.59 Å². The molecule has 0 saturated heterocycles. The topological polar surface area (TPSA) is 94.9 Å². The number of carbonyl (C=O) groups excluding carboxylic acids is 2. The molecule has 0 spiro atoms. The summed E-state index contributed by atoms with van der Waals surface area (Å²) in [5.74, 6) is -0.275. The molecule has 0 bridgehead atoms. The second-order valence-electron chi connectivity index (χ2n) is 6.03. The van der Waals surface area contributed by atoms with Crippen molar-refractivity contribution >= 4 is 18.0 Å². The lowest BCUT2D eigenvalue weighted by molar-refractivity contribution is -0.137. The Balaban J connectivity index is 2.11.